The number of rotatable bonds is 0. The summed E-state index contributed by atoms with van der Waals surface area (Å²) in [6.45, 7) is 0. The third kappa shape index (κ3) is 0.676. The highest BCUT2D eigenvalue weighted by atomic mass is 79.9. The lowest BCUT2D eigenvalue weighted by Gasteiger charge is -2.23. The van der Waals surface area contributed by atoms with Crippen molar-refractivity contribution in [3.63, 3.8) is 0 Å². The van der Waals surface area contributed by atoms with Crippen molar-refractivity contribution in [2.24, 2.45) is 17.8 Å². The summed E-state index contributed by atoms with van der Waals surface area (Å²) in [6.07, 6.45) is 4.93. The molecule has 1 saturated carbocycles. The van der Waals surface area contributed by atoms with Crippen LogP contribution in [0.5, 0.6) is 0 Å². The van der Waals surface area contributed by atoms with Crippen molar-refractivity contribution in [3.8, 4) is 0 Å². The lowest BCUT2D eigenvalue weighted by molar-refractivity contribution is -0.154. The highest BCUT2D eigenvalue weighted by Gasteiger charge is 2.68. The van der Waals surface area contributed by atoms with Gasteiger partial charge < -0.3 is 4.74 Å². The van der Waals surface area contributed by atoms with E-state index in [-0.39, 0.29) is 23.7 Å². The minimum Gasteiger partial charge on any atom is -0.392 e. The summed E-state index contributed by atoms with van der Waals surface area (Å²) in [7, 11) is 0. The predicted octanol–water partition coefficient (Wildman–Crippen LogP) is 1.03. The summed E-state index contributed by atoms with van der Waals surface area (Å²) in [5.74, 6) is -0.710. The molecule has 3 rings (SSSR count). The zero-order valence-corrected chi connectivity index (χ0v) is 8.28. The Bertz CT molecular complexity index is 349. The van der Waals surface area contributed by atoms with Gasteiger partial charge in [0.15, 0.2) is 0 Å². The van der Waals surface area contributed by atoms with E-state index in [4.69, 9.17) is 0 Å². The Morgan fingerprint density at radius 3 is 2.92 bits per heavy atom. The first-order valence-corrected chi connectivity index (χ1v) is 5.06. The van der Waals surface area contributed by atoms with Crippen LogP contribution in [0.25, 0.3) is 0 Å². The molecule has 0 N–H and O–H groups in total. The number of hydrogen-bond donors (Lipinski definition) is 0. The Balaban J connectivity index is 2.17. The number of allylic oxidation sites excluding steroid dienone is 2. The fourth-order valence-electron chi connectivity index (χ4n) is 2.69. The van der Waals surface area contributed by atoms with Crippen molar-refractivity contribution in [2.75, 3.05) is 0 Å². The second-order valence-electron chi connectivity index (χ2n) is 3.85. The van der Waals surface area contributed by atoms with E-state index in [9.17, 15) is 9.59 Å². The van der Waals surface area contributed by atoms with Gasteiger partial charge in [0.2, 0.25) is 0 Å². The van der Waals surface area contributed by atoms with Crippen LogP contribution < -0.4 is 0 Å². The molecule has 13 heavy (non-hydrogen) atoms. The third-order valence-corrected chi connectivity index (χ3v) is 4.70. The van der Waals surface area contributed by atoms with Gasteiger partial charge in [0.25, 0.3) is 0 Å². The monoisotopic (exact) mass is 242 g/mol. The van der Waals surface area contributed by atoms with Crippen LogP contribution >= 0.6 is 15.9 Å². The van der Waals surface area contributed by atoms with E-state index in [2.05, 4.69) is 20.7 Å². The number of cyclic esters (lactones) is 2. The number of fused-ring (bicyclic) bond motifs is 5. The van der Waals surface area contributed by atoms with Gasteiger partial charge in [-0.1, -0.05) is 28.1 Å². The molecule has 0 spiro atoms. The van der Waals surface area contributed by atoms with Gasteiger partial charge in [0, 0.05) is 5.92 Å². The normalized spacial score (nSPS) is 51.3. The molecule has 3 nitrogen and oxygen atoms in total. The number of carbonyl (C=O) groups is 2. The number of hydrogen-bond acceptors (Lipinski definition) is 3. The molecule has 1 saturated heterocycles. The van der Waals surface area contributed by atoms with Gasteiger partial charge >= 0.3 is 11.9 Å². The van der Waals surface area contributed by atoms with Gasteiger partial charge in [-0.2, -0.15) is 0 Å². The van der Waals surface area contributed by atoms with E-state index in [1.54, 1.807) is 0 Å². The van der Waals surface area contributed by atoms with Gasteiger partial charge in [0.05, 0.1) is 5.92 Å². The second kappa shape index (κ2) is 2.05. The molecular weight excluding hydrogens is 236 g/mol. The van der Waals surface area contributed by atoms with Gasteiger partial charge in [-0.05, 0) is 12.3 Å². The van der Waals surface area contributed by atoms with Crippen molar-refractivity contribution < 1.29 is 14.3 Å². The minimum atomic E-state index is -0.733. The summed E-state index contributed by atoms with van der Waals surface area (Å²) in [5.41, 5.74) is 0. The van der Waals surface area contributed by atoms with Crippen LogP contribution in [-0.4, -0.2) is 16.3 Å². The molecule has 68 valence electrons. The topological polar surface area (TPSA) is 43.4 Å². The van der Waals surface area contributed by atoms with Gasteiger partial charge in [-0.3, -0.25) is 4.79 Å². The van der Waals surface area contributed by atoms with Crippen molar-refractivity contribution in [2.45, 2.75) is 10.7 Å². The summed E-state index contributed by atoms with van der Waals surface area (Å²) >= 11 is 3.39. The van der Waals surface area contributed by atoms with Crippen molar-refractivity contribution in [1.29, 1.82) is 0 Å². The molecular formula is C9H7BrO3. The highest BCUT2D eigenvalue weighted by Crippen LogP contribution is 2.58. The number of ether oxygens (including phenoxy) is 1. The number of esters is 2. The first-order valence-electron chi connectivity index (χ1n) is 4.27. The summed E-state index contributed by atoms with van der Waals surface area (Å²) in [6, 6.07) is 0. The Morgan fingerprint density at radius 2 is 2.23 bits per heavy atom. The Kier molecular flexibility index (Phi) is 1.22. The maximum atomic E-state index is 11.5. The molecule has 0 aromatic heterocycles. The maximum Gasteiger partial charge on any atom is 0.332 e. The highest BCUT2D eigenvalue weighted by molar-refractivity contribution is 9.10. The Hall–Kier alpha value is -0.640. The van der Waals surface area contributed by atoms with Crippen LogP contribution in [0.3, 0.4) is 0 Å². The van der Waals surface area contributed by atoms with E-state index in [0.717, 1.165) is 6.42 Å². The van der Waals surface area contributed by atoms with Crippen LogP contribution in [-0.2, 0) is 14.3 Å². The first-order chi connectivity index (χ1) is 6.14. The quantitative estimate of drug-likeness (QED) is 0.276. The molecule has 2 unspecified atom stereocenters. The molecule has 2 aliphatic carbocycles. The first kappa shape index (κ1) is 7.74. The van der Waals surface area contributed by atoms with Gasteiger partial charge in [0.1, 0.15) is 4.32 Å². The molecule has 3 aliphatic rings. The standard InChI is InChI=1S/C9H7BrO3/c10-9-5-2-1-4(3-5)6(9)7(11)13-8(9)12/h1-2,4-6H,3H2/t4-,5+,6?,9?/m1/s1. The van der Waals surface area contributed by atoms with E-state index in [0.29, 0.717) is 0 Å². The minimum absolute atomic E-state index is 0.140. The van der Waals surface area contributed by atoms with Crippen LogP contribution in [0.2, 0.25) is 0 Å². The van der Waals surface area contributed by atoms with Crippen LogP contribution in [0.4, 0.5) is 0 Å². The molecule has 0 aromatic rings. The molecule has 2 bridgehead atoms. The van der Waals surface area contributed by atoms with E-state index < -0.39 is 10.3 Å². The fraction of sp³-hybridized carbons (Fsp3) is 0.556. The smallest absolute Gasteiger partial charge is 0.332 e. The van der Waals surface area contributed by atoms with Crippen LogP contribution in [0.1, 0.15) is 6.42 Å². The fourth-order valence-corrected chi connectivity index (χ4v) is 3.63. The summed E-state index contributed by atoms with van der Waals surface area (Å²) < 4.78 is 3.91. The maximum absolute atomic E-state index is 11.5. The van der Waals surface area contributed by atoms with Crippen molar-refractivity contribution in [1.82, 2.24) is 0 Å². The molecule has 1 heterocycles. The molecule has 1 aliphatic heterocycles. The predicted molar refractivity (Wildman–Crippen MR) is 47.0 cm³/mol. The average Bonchev–Trinajstić information content (AvgIpc) is 2.66. The zero-order chi connectivity index (χ0) is 9.22. The number of halogens is 1. The molecule has 2 fully saturated rings. The van der Waals surface area contributed by atoms with Gasteiger partial charge in [-0.25, -0.2) is 4.79 Å². The average molecular weight is 243 g/mol. The Morgan fingerprint density at radius 1 is 1.46 bits per heavy atom. The van der Waals surface area contributed by atoms with Gasteiger partial charge in [-0.15, -0.1) is 0 Å². The molecule has 4 atom stereocenters. The molecule has 0 radical (unpaired) electrons. The van der Waals surface area contributed by atoms with Crippen molar-refractivity contribution in [3.05, 3.63) is 12.2 Å². The number of carbonyl (C=O) groups excluding carboxylic acids is 2. The van der Waals surface area contributed by atoms with Crippen molar-refractivity contribution >= 4 is 27.9 Å². The summed E-state index contributed by atoms with van der Waals surface area (Å²) in [4.78, 5) is 22.8. The van der Waals surface area contributed by atoms with E-state index in [1.807, 2.05) is 12.2 Å². The van der Waals surface area contributed by atoms with Crippen LogP contribution in [0, 0.1) is 17.8 Å². The van der Waals surface area contributed by atoms with E-state index >= 15 is 0 Å². The zero-order valence-electron chi connectivity index (χ0n) is 6.70. The third-order valence-electron chi connectivity index (χ3n) is 3.30. The largest absolute Gasteiger partial charge is 0.392 e. The Labute approximate surface area is 83.3 Å². The lowest BCUT2D eigenvalue weighted by atomic mass is 9.85. The molecule has 0 amide bonds. The molecule has 0 aromatic carbocycles. The SMILES string of the molecule is O=C1OC(=O)C2(Br)C1[C@@H]1C=C[C@H]2C1. The summed E-state index contributed by atoms with van der Waals surface area (Å²) in [5, 5.41) is 0. The van der Waals surface area contributed by atoms with E-state index in [1.165, 1.54) is 0 Å². The number of alkyl halides is 1. The second-order valence-corrected chi connectivity index (χ2v) is 5.16. The molecule has 4 heteroatoms. The van der Waals surface area contributed by atoms with Crippen LogP contribution in [0.15, 0.2) is 12.2 Å². The lowest BCUT2D eigenvalue weighted by Crippen LogP contribution is -2.38.